The summed E-state index contributed by atoms with van der Waals surface area (Å²) in [5.41, 5.74) is 1.89. The van der Waals surface area contributed by atoms with Crippen molar-refractivity contribution in [3.63, 3.8) is 0 Å². The van der Waals surface area contributed by atoms with E-state index in [4.69, 9.17) is 0 Å². The molecule has 20 heavy (non-hydrogen) atoms. The lowest BCUT2D eigenvalue weighted by atomic mass is 10.1. The van der Waals surface area contributed by atoms with Crippen molar-refractivity contribution in [1.82, 2.24) is 5.32 Å². The average molecular weight is 296 g/mol. The lowest BCUT2D eigenvalue weighted by Crippen LogP contribution is -2.29. The zero-order valence-corrected chi connectivity index (χ0v) is 13.3. The summed E-state index contributed by atoms with van der Waals surface area (Å²) >= 11 is 1.97. The van der Waals surface area contributed by atoms with E-state index in [0.29, 0.717) is 5.92 Å². The van der Waals surface area contributed by atoms with Crippen molar-refractivity contribution in [3.05, 3.63) is 29.6 Å². The highest BCUT2D eigenvalue weighted by Gasteiger charge is 2.17. The minimum absolute atomic E-state index is 0.0826. The van der Waals surface area contributed by atoms with E-state index >= 15 is 0 Å². The minimum atomic E-state index is -0.0826. The largest absolute Gasteiger partial charge is 0.368 e. The summed E-state index contributed by atoms with van der Waals surface area (Å²) in [7, 11) is 0. The first kappa shape index (κ1) is 15.6. The monoisotopic (exact) mass is 296 g/mol. The number of nitrogens with zero attached hydrogens (tertiary/aromatic N) is 1. The summed E-state index contributed by atoms with van der Waals surface area (Å²) in [6, 6.07) is 5.45. The molecule has 1 fully saturated rings. The van der Waals surface area contributed by atoms with E-state index in [1.165, 1.54) is 5.75 Å². The maximum atomic E-state index is 14.3. The van der Waals surface area contributed by atoms with E-state index in [9.17, 15) is 4.39 Å². The smallest absolute Gasteiger partial charge is 0.146 e. The molecule has 0 spiro atoms. The zero-order valence-electron chi connectivity index (χ0n) is 12.5. The van der Waals surface area contributed by atoms with Crippen molar-refractivity contribution < 1.29 is 4.39 Å². The minimum Gasteiger partial charge on any atom is -0.368 e. The Kier molecular flexibility index (Phi) is 6.17. The number of thioether (sulfide) groups is 1. The number of rotatable bonds is 5. The second-order valence-electron chi connectivity index (χ2n) is 5.73. The van der Waals surface area contributed by atoms with Crippen molar-refractivity contribution in [3.8, 4) is 0 Å². The number of para-hydroxylation sites is 1. The van der Waals surface area contributed by atoms with Crippen molar-refractivity contribution >= 4 is 17.4 Å². The molecule has 0 atom stereocenters. The molecule has 2 rings (SSSR count). The van der Waals surface area contributed by atoms with Gasteiger partial charge in [-0.25, -0.2) is 4.39 Å². The molecule has 1 aromatic carbocycles. The van der Waals surface area contributed by atoms with E-state index in [0.717, 1.165) is 49.6 Å². The molecule has 1 aliphatic heterocycles. The van der Waals surface area contributed by atoms with Crippen LogP contribution in [-0.2, 0) is 6.54 Å². The third-order valence-electron chi connectivity index (χ3n) is 3.48. The van der Waals surface area contributed by atoms with Crippen molar-refractivity contribution in [2.24, 2.45) is 5.92 Å². The molecule has 0 bridgehead atoms. The summed E-state index contributed by atoms with van der Waals surface area (Å²) in [6.07, 6.45) is 1.14. The maximum Gasteiger partial charge on any atom is 0.146 e. The molecule has 0 aromatic heterocycles. The first-order valence-corrected chi connectivity index (χ1v) is 8.64. The number of hydrogen-bond donors (Lipinski definition) is 1. The molecule has 2 nitrogen and oxygen atoms in total. The van der Waals surface area contributed by atoms with Crippen LogP contribution in [0.1, 0.15) is 25.8 Å². The topological polar surface area (TPSA) is 15.3 Å². The van der Waals surface area contributed by atoms with E-state index in [1.807, 2.05) is 23.9 Å². The average Bonchev–Trinajstić information content (AvgIpc) is 2.67. The third-order valence-corrected chi connectivity index (χ3v) is 4.53. The van der Waals surface area contributed by atoms with E-state index in [1.54, 1.807) is 6.07 Å². The molecule has 1 saturated heterocycles. The summed E-state index contributed by atoms with van der Waals surface area (Å²) in [5, 5.41) is 3.42. The SMILES string of the molecule is CC(C)CNCc1cccc(F)c1N1CCCSCC1. The molecule has 1 heterocycles. The summed E-state index contributed by atoms with van der Waals surface area (Å²) in [6.45, 7) is 7.99. The summed E-state index contributed by atoms with van der Waals surface area (Å²) < 4.78 is 14.3. The fourth-order valence-electron chi connectivity index (χ4n) is 2.52. The van der Waals surface area contributed by atoms with Crippen LogP contribution in [0.4, 0.5) is 10.1 Å². The van der Waals surface area contributed by atoms with Crippen LogP contribution in [0, 0.1) is 11.7 Å². The Morgan fingerprint density at radius 3 is 2.95 bits per heavy atom. The van der Waals surface area contributed by atoms with Crippen LogP contribution in [-0.4, -0.2) is 31.1 Å². The Morgan fingerprint density at radius 2 is 2.15 bits per heavy atom. The van der Waals surface area contributed by atoms with E-state index in [-0.39, 0.29) is 5.82 Å². The lowest BCUT2D eigenvalue weighted by Gasteiger charge is -2.26. The van der Waals surface area contributed by atoms with Gasteiger partial charge >= 0.3 is 0 Å². The van der Waals surface area contributed by atoms with Crippen molar-refractivity contribution in [1.29, 1.82) is 0 Å². The van der Waals surface area contributed by atoms with Gasteiger partial charge in [0.2, 0.25) is 0 Å². The Labute approximate surface area is 126 Å². The second kappa shape index (κ2) is 7.89. The molecular formula is C16H25FN2S. The fourth-order valence-corrected chi connectivity index (χ4v) is 3.41. The van der Waals surface area contributed by atoms with Crippen molar-refractivity contribution in [2.45, 2.75) is 26.8 Å². The number of halogens is 1. The molecule has 0 amide bonds. The first-order chi connectivity index (χ1) is 9.68. The van der Waals surface area contributed by atoms with Gasteiger partial charge in [0.25, 0.3) is 0 Å². The number of benzene rings is 1. The molecule has 4 heteroatoms. The van der Waals surface area contributed by atoms with Gasteiger partial charge < -0.3 is 10.2 Å². The van der Waals surface area contributed by atoms with Gasteiger partial charge in [-0.3, -0.25) is 0 Å². The van der Waals surface area contributed by atoms with Crippen molar-refractivity contribution in [2.75, 3.05) is 36.0 Å². The number of hydrogen-bond acceptors (Lipinski definition) is 3. The molecule has 0 unspecified atom stereocenters. The molecule has 1 aromatic rings. The Bertz CT molecular complexity index is 415. The molecule has 0 aliphatic carbocycles. The van der Waals surface area contributed by atoms with Crippen LogP contribution >= 0.6 is 11.8 Å². The molecular weight excluding hydrogens is 271 g/mol. The van der Waals surface area contributed by atoms with E-state index < -0.39 is 0 Å². The van der Waals surface area contributed by atoms with Gasteiger partial charge in [-0.15, -0.1) is 0 Å². The molecule has 0 radical (unpaired) electrons. The quantitative estimate of drug-likeness (QED) is 0.895. The van der Waals surface area contributed by atoms with E-state index in [2.05, 4.69) is 24.1 Å². The van der Waals surface area contributed by atoms with Gasteiger partial charge in [-0.1, -0.05) is 26.0 Å². The Morgan fingerprint density at radius 1 is 1.30 bits per heavy atom. The highest BCUT2D eigenvalue weighted by atomic mass is 32.2. The van der Waals surface area contributed by atoms with Crippen LogP contribution in [0.15, 0.2) is 18.2 Å². The number of anilines is 1. The third kappa shape index (κ3) is 4.38. The Balaban J connectivity index is 2.12. The van der Waals surface area contributed by atoms with Gasteiger partial charge in [-0.2, -0.15) is 11.8 Å². The molecule has 1 aliphatic rings. The van der Waals surface area contributed by atoms with Gasteiger partial charge in [-0.05, 0) is 36.3 Å². The van der Waals surface area contributed by atoms with Gasteiger partial charge in [0.05, 0.1) is 5.69 Å². The maximum absolute atomic E-state index is 14.3. The summed E-state index contributed by atoms with van der Waals surface area (Å²) in [5.74, 6) is 2.81. The van der Waals surface area contributed by atoms with Crippen LogP contribution in [0.3, 0.4) is 0 Å². The molecule has 1 N–H and O–H groups in total. The highest BCUT2D eigenvalue weighted by molar-refractivity contribution is 7.99. The fraction of sp³-hybridized carbons (Fsp3) is 0.625. The summed E-state index contributed by atoms with van der Waals surface area (Å²) in [4.78, 5) is 2.22. The van der Waals surface area contributed by atoms with Crippen LogP contribution < -0.4 is 10.2 Å². The van der Waals surface area contributed by atoms with Gasteiger partial charge in [0, 0.05) is 25.4 Å². The normalized spacial score (nSPS) is 16.5. The molecule has 0 saturated carbocycles. The lowest BCUT2D eigenvalue weighted by molar-refractivity contribution is 0.549. The van der Waals surface area contributed by atoms with Gasteiger partial charge in [0.15, 0.2) is 0 Å². The van der Waals surface area contributed by atoms with Crippen LogP contribution in [0.25, 0.3) is 0 Å². The van der Waals surface area contributed by atoms with Gasteiger partial charge in [0.1, 0.15) is 5.82 Å². The second-order valence-corrected chi connectivity index (χ2v) is 6.95. The zero-order chi connectivity index (χ0) is 14.4. The number of nitrogens with one attached hydrogen (secondary N) is 1. The van der Waals surface area contributed by atoms with Crippen LogP contribution in [0.5, 0.6) is 0 Å². The predicted molar refractivity (Wildman–Crippen MR) is 87.1 cm³/mol. The Hall–Kier alpha value is -0.740. The first-order valence-electron chi connectivity index (χ1n) is 7.49. The highest BCUT2D eigenvalue weighted by Crippen LogP contribution is 2.26. The molecule has 112 valence electrons. The standard InChI is InChI=1S/C16H25FN2S/c1-13(2)11-18-12-14-5-3-6-15(17)16(14)19-7-4-9-20-10-8-19/h3,5-6,13,18H,4,7-12H2,1-2H3. The van der Waals surface area contributed by atoms with Crippen LogP contribution in [0.2, 0.25) is 0 Å². The predicted octanol–water partition coefficient (Wildman–Crippen LogP) is 3.51.